The molecule has 1 fully saturated rings. The van der Waals surface area contributed by atoms with E-state index in [1.165, 1.54) is 17.0 Å². The van der Waals surface area contributed by atoms with Crippen molar-refractivity contribution in [1.29, 1.82) is 0 Å². The Balaban J connectivity index is 1.63. The van der Waals surface area contributed by atoms with E-state index in [1.54, 1.807) is 0 Å². The standard InChI is InChI=1S/C22H23N5S/c1-14-12-17(16(3)27(14)19-9-5-7-11-24-19)21-20(18-8-4-6-10-23-18)25-22-26(21)13-15(2)28-22/h4-12,15,20-21H,13H2,1-3H3/t15-,20-,21-/m0/s1. The Hall–Kier alpha value is -2.60. The molecular formula is C22H23N5S. The summed E-state index contributed by atoms with van der Waals surface area (Å²) in [6.07, 6.45) is 3.71. The average molecular weight is 390 g/mol. The van der Waals surface area contributed by atoms with Gasteiger partial charge in [-0.05, 0) is 49.7 Å². The molecule has 0 N–H and O–H groups in total. The summed E-state index contributed by atoms with van der Waals surface area (Å²) in [7, 11) is 0. The van der Waals surface area contributed by atoms with Crippen molar-refractivity contribution in [2.75, 3.05) is 6.54 Å². The van der Waals surface area contributed by atoms with Crippen LogP contribution in [0.15, 0.2) is 59.9 Å². The van der Waals surface area contributed by atoms with Gasteiger partial charge in [-0.15, -0.1) is 0 Å². The first-order chi connectivity index (χ1) is 13.6. The molecule has 0 aliphatic carbocycles. The van der Waals surface area contributed by atoms with Gasteiger partial charge in [-0.25, -0.2) is 4.98 Å². The van der Waals surface area contributed by atoms with Crippen molar-refractivity contribution in [3.05, 3.63) is 77.5 Å². The zero-order valence-corrected chi connectivity index (χ0v) is 17.1. The summed E-state index contributed by atoms with van der Waals surface area (Å²) in [4.78, 5) is 16.8. The highest BCUT2D eigenvalue weighted by molar-refractivity contribution is 8.14. The van der Waals surface area contributed by atoms with E-state index in [0.29, 0.717) is 5.25 Å². The number of pyridine rings is 2. The minimum atomic E-state index is 0.0221. The van der Waals surface area contributed by atoms with Crippen LogP contribution in [0.2, 0.25) is 0 Å². The zero-order valence-electron chi connectivity index (χ0n) is 16.3. The summed E-state index contributed by atoms with van der Waals surface area (Å²) in [6.45, 7) is 7.64. The highest BCUT2D eigenvalue weighted by atomic mass is 32.2. The quantitative estimate of drug-likeness (QED) is 0.663. The Labute approximate surface area is 169 Å². The van der Waals surface area contributed by atoms with Crippen LogP contribution >= 0.6 is 11.8 Å². The molecule has 142 valence electrons. The Morgan fingerprint density at radius 1 is 1.04 bits per heavy atom. The Kier molecular flexibility index (Phi) is 4.23. The lowest BCUT2D eigenvalue weighted by molar-refractivity contribution is 0.320. The molecule has 0 spiro atoms. The summed E-state index contributed by atoms with van der Waals surface area (Å²) in [6, 6.07) is 14.7. The van der Waals surface area contributed by atoms with Gasteiger partial charge in [0.05, 0.1) is 11.7 Å². The van der Waals surface area contributed by atoms with E-state index < -0.39 is 0 Å². The van der Waals surface area contributed by atoms with Crippen molar-refractivity contribution in [2.45, 2.75) is 38.1 Å². The minimum Gasteiger partial charge on any atom is -0.341 e. The van der Waals surface area contributed by atoms with E-state index in [9.17, 15) is 0 Å². The third-order valence-corrected chi connectivity index (χ3v) is 6.65. The molecule has 5 nitrogen and oxygen atoms in total. The molecule has 0 amide bonds. The predicted octanol–water partition coefficient (Wildman–Crippen LogP) is 4.47. The number of fused-ring (bicyclic) bond motifs is 1. The monoisotopic (exact) mass is 389 g/mol. The second kappa shape index (κ2) is 6.78. The van der Waals surface area contributed by atoms with Crippen LogP contribution in [-0.4, -0.2) is 36.4 Å². The van der Waals surface area contributed by atoms with Gasteiger partial charge in [-0.2, -0.15) is 0 Å². The molecule has 3 aromatic heterocycles. The molecule has 3 aromatic rings. The number of amidine groups is 1. The lowest BCUT2D eigenvalue weighted by Crippen LogP contribution is -2.28. The fourth-order valence-corrected chi connectivity index (χ4v) is 5.47. The number of thioether (sulfide) groups is 1. The van der Waals surface area contributed by atoms with Crippen molar-refractivity contribution >= 4 is 16.9 Å². The van der Waals surface area contributed by atoms with E-state index in [-0.39, 0.29) is 12.1 Å². The zero-order chi connectivity index (χ0) is 19.3. The molecule has 28 heavy (non-hydrogen) atoms. The maximum atomic E-state index is 5.10. The van der Waals surface area contributed by atoms with Crippen molar-refractivity contribution in [3.8, 4) is 5.82 Å². The smallest absolute Gasteiger partial charge is 0.160 e. The third-order valence-electron chi connectivity index (χ3n) is 5.55. The Morgan fingerprint density at radius 2 is 1.82 bits per heavy atom. The Bertz CT molecular complexity index is 1030. The van der Waals surface area contributed by atoms with Crippen molar-refractivity contribution in [3.63, 3.8) is 0 Å². The van der Waals surface area contributed by atoms with Crippen molar-refractivity contribution in [1.82, 2.24) is 19.4 Å². The van der Waals surface area contributed by atoms with Gasteiger partial charge in [0.2, 0.25) is 0 Å². The van der Waals surface area contributed by atoms with Crippen LogP contribution < -0.4 is 0 Å². The molecule has 5 rings (SSSR count). The second-order valence-electron chi connectivity index (χ2n) is 7.49. The lowest BCUT2D eigenvalue weighted by atomic mass is 9.96. The van der Waals surface area contributed by atoms with Crippen LogP contribution in [0, 0.1) is 13.8 Å². The number of aryl methyl sites for hydroxylation is 1. The highest BCUT2D eigenvalue weighted by Gasteiger charge is 2.44. The molecular weight excluding hydrogens is 366 g/mol. The first kappa shape index (κ1) is 17.5. The fraction of sp³-hybridized carbons (Fsp3) is 0.318. The molecule has 1 saturated heterocycles. The van der Waals surface area contributed by atoms with Crippen molar-refractivity contribution in [2.24, 2.45) is 4.99 Å². The van der Waals surface area contributed by atoms with E-state index in [4.69, 9.17) is 4.99 Å². The first-order valence-electron chi connectivity index (χ1n) is 9.66. The average Bonchev–Trinajstić information content (AvgIpc) is 3.33. The maximum absolute atomic E-state index is 5.10. The summed E-state index contributed by atoms with van der Waals surface area (Å²) in [5.74, 6) is 0.960. The summed E-state index contributed by atoms with van der Waals surface area (Å²) in [5.41, 5.74) is 4.76. The van der Waals surface area contributed by atoms with E-state index in [2.05, 4.69) is 64.5 Å². The SMILES string of the molecule is Cc1cc([C@H]2[C@H](c3ccccn3)N=C3S[C@@H](C)CN32)c(C)n1-c1ccccn1. The van der Waals surface area contributed by atoms with Gasteiger partial charge in [0.25, 0.3) is 0 Å². The molecule has 5 heterocycles. The molecule has 0 aromatic carbocycles. The molecule has 0 bridgehead atoms. The van der Waals surface area contributed by atoms with Gasteiger partial charge >= 0.3 is 0 Å². The van der Waals surface area contributed by atoms with Gasteiger partial charge < -0.3 is 9.47 Å². The molecule has 2 aliphatic heterocycles. The molecule has 0 radical (unpaired) electrons. The van der Waals surface area contributed by atoms with E-state index >= 15 is 0 Å². The van der Waals surface area contributed by atoms with Gasteiger partial charge in [0.15, 0.2) is 5.17 Å². The Morgan fingerprint density at radius 3 is 2.54 bits per heavy atom. The highest BCUT2D eigenvalue weighted by Crippen LogP contribution is 2.48. The normalized spacial score (nSPS) is 23.8. The first-order valence-corrected chi connectivity index (χ1v) is 10.5. The fourth-order valence-electron chi connectivity index (χ4n) is 4.38. The van der Waals surface area contributed by atoms with Crippen LogP contribution in [-0.2, 0) is 0 Å². The largest absolute Gasteiger partial charge is 0.341 e. The number of aromatic nitrogens is 3. The molecule has 2 aliphatic rings. The van der Waals surface area contributed by atoms with Crippen LogP contribution in [0.4, 0.5) is 0 Å². The van der Waals surface area contributed by atoms with Crippen LogP contribution in [0.3, 0.4) is 0 Å². The number of hydrogen-bond donors (Lipinski definition) is 0. The summed E-state index contributed by atoms with van der Waals surface area (Å²) >= 11 is 1.88. The number of hydrogen-bond acceptors (Lipinski definition) is 5. The van der Waals surface area contributed by atoms with Crippen molar-refractivity contribution < 1.29 is 0 Å². The van der Waals surface area contributed by atoms with Gasteiger partial charge in [-0.3, -0.25) is 9.98 Å². The number of aliphatic imine (C=N–C) groups is 1. The van der Waals surface area contributed by atoms with Gasteiger partial charge in [-0.1, -0.05) is 30.8 Å². The minimum absolute atomic E-state index is 0.0221. The van der Waals surface area contributed by atoms with E-state index in [1.807, 2.05) is 42.4 Å². The molecule has 3 atom stereocenters. The third kappa shape index (κ3) is 2.75. The van der Waals surface area contributed by atoms with Crippen LogP contribution in [0.5, 0.6) is 0 Å². The van der Waals surface area contributed by atoms with Gasteiger partial charge in [0, 0.05) is 35.6 Å². The summed E-state index contributed by atoms with van der Waals surface area (Å²) < 4.78 is 2.25. The molecule has 6 heteroatoms. The lowest BCUT2D eigenvalue weighted by Gasteiger charge is -2.27. The molecule has 0 unspecified atom stereocenters. The maximum Gasteiger partial charge on any atom is 0.160 e. The second-order valence-corrected chi connectivity index (χ2v) is 8.89. The summed E-state index contributed by atoms with van der Waals surface area (Å²) in [5, 5.41) is 1.71. The van der Waals surface area contributed by atoms with Crippen LogP contribution in [0.25, 0.3) is 5.82 Å². The molecule has 0 saturated carbocycles. The van der Waals surface area contributed by atoms with Gasteiger partial charge in [0.1, 0.15) is 11.9 Å². The predicted molar refractivity (Wildman–Crippen MR) is 114 cm³/mol. The number of rotatable bonds is 3. The van der Waals surface area contributed by atoms with Crippen LogP contribution in [0.1, 0.15) is 41.7 Å². The number of nitrogens with zero attached hydrogens (tertiary/aromatic N) is 5. The topological polar surface area (TPSA) is 46.3 Å². The van der Waals surface area contributed by atoms with E-state index in [0.717, 1.165) is 23.2 Å².